The summed E-state index contributed by atoms with van der Waals surface area (Å²) in [5.74, 6) is -0.419. The third-order valence-electron chi connectivity index (χ3n) is 3.44. The number of hydrogen-bond acceptors (Lipinski definition) is 4. The number of benzene rings is 1. The zero-order valence-corrected chi connectivity index (χ0v) is 13.5. The number of carbonyl (C=O) groups is 2. The molecule has 1 amide bonds. The molecule has 2 rings (SSSR count). The molecule has 6 heteroatoms. The van der Waals surface area contributed by atoms with Crippen molar-refractivity contribution in [1.82, 2.24) is 9.88 Å². The minimum absolute atomic E-state index is 0.0475. The van der Waals surface area contributed by atoms with Gasteiger partial charge in [0.05, 0.1) is 0 Å². The molecule has 0 fully saturated rings. The van der Waals surface area contributed by atoms with Gasteiger partial charge in [-0.15, -0.1) is 0 Å². The van der Waals surface area contributed by atoms with Crippen molar-refractivity contribution >= 4 is 11.9 Å². The van der Waals surface area contributed by atoms with E-state index in [0.29, 0.717) is 30.9 Å². The van der Waals surface area contributed by atoms with Crippen LogP contribution in [0.3, 0.4) is 0 Å². The molecule has 0 spiro atoms. The van der Waals surface area contributed by atoms with Gasteiger partial charge in [-0.1, -0.05) is 12.1 Å². The minimum Gasteiger partial charge on any atom is -0.489 e. The molecule has 0 saturated carbocycles. The van der Waals surface area contributed by atoms with E-state index >= 15 is 0 Å². The van der Waals surface area contributed by atoms with Crippen LogP contribution in [0.1, 0.15) is 28.8 Å². The molecule has 0 unspecified atom stereocenters. The van der Waals surface area contributed by atoms with Gasteiger partial charge in [0.2, 0.25) is 0 Å². The SMILES string of the molecule is CN(CCCC(=O)O)C(=O)c1cccc(OCc2cccnc2)c1. The van der Waals surface area contributed by atoms with E-state index in [1.54, 1.807) is 43.7 Å². The molecule has 0 atom stereocenters. The number of aliphatic carboxylic acids is 1. The first-order chi connectivity index (χ1) is 11.6. The predicted octanol–water partition coefficient (Wildman–Crippen LogP) is 2.60. The zero-order valence-electron chi connectivity index (χ0n) is 13.5. The van der Waals surface area contributed by atoms with Crippen LogP contribution in [0.2, 0.25) is 0 Å². The molecule has 6 nitrogen and oxygen atoms in total. The normalized spacial score (nSPS) is 10.2. The standard InChI is InChI=1S/C18H20N2O4/c1-20(10-4-8-17(21)22)18(23)15-6-2-7-16(11-15)24-13-14-5-3-9-19-12-14/h2-3,5-7,9,11-12H,4,8,10,13H2,1H3,(H,21,22). The maximum atomic E-state index is 12.4. The highest BCUT2D eigenvalue weighted by Crippen LogP contribution is 2.16. The summed E-state index contributed by atoms with van der Waals surface area (Å²) < 4.78 is 5.69. The van der Waals surface area contributed by atoms with E-state index in [9.17, 15) is 9.59 Å². The quantitative estimate of drug-likeness (QED) is 0.806. The fraction of sp³-hybridized carbons (Fsp3) is 0.278. The molecule has 24 heavy (non-hydrogen) atoms. The van der Waals surface area contributed by atoms with Gasteiger partial charge < -0.3 is 14.7 Å². The van der Waals surface area contributed by atoms with Gasteiger partial charge in [0.15, 0.2) is 0 Å². The van der Waals surface area contributed by atoms with Gasteiger partial charge in [-0.25, -0.2) is 0 Å². The molecule has 0 bridgehead atoms. The molecular weight excluding hydrogens is 308 g/mol. The number of ether oxygens (including phenoxy) is 1. The fourth-order valence-electron chi connectivity index (χ4n) is 2.16. The van der Waals surface area contributed by atoms with Crippen LogP contribution in [-0.2, 0) is 11.4 Å². The van der Waals surface area contributed by atoms with E-state index in [1.165, 1.54) is 4.90 Å². The maximum Gasteiger partial charge on any atom is 0.303 e. The van der Waals surface area contributed by atoms with Gasteiger partial charge in [0, 0.05) is 43.5 Å². The van der Waals surface area contributed by atoms with Crippen LogP contribution in [0.15, 0.2) is 48.8 Å². The topological polar surface area (TPSA) is 79.7 Å². The lowest BCUT2D eigenvalue weighted by atomic mass is 10.2. The van der Waals surface area contributed by atoms with E-state index in [0.717, 1.165) is 5.56 Å². The van der Waals surface area contributed by atoms with Gasteiger partial charge in [-0.05, 0) is 30.7 Å². The summed E-state index contributed by atoms with van der Waals surface area (Å²) in [4.78, 5) is 28.4. The van der Waals surface area contributed by atoms with E-state index in [1.807, 2.05) is 12.1 Å². The second-order valence-electron chi connectivity index (χ2n) is 5.40. The van der Waals surface area contributed by atoms with Gasteiger partial charge >= 0.3 is 5.97 Å². The Labute approximate surface area is 140 Å². The summed E-state index contributed by atoms with van der Waals surface area (Å²) in [7, 11) is 1.66. The first-order valence-electron chi connectivity index (χ1n) is 7.65. The summed E-state index contributed by atoms with van der Waals surface area (Å²) in [5, 5.41) is 8.65. The summed E-state index contributed by atoms with van der Waals surface area (Å²) in [6, 6.07) is 10.7. The highest BCUT2D eigenvalue weighted by atomic mass is 16.5. The molecule has 0 aliphatic rings. The fourth-order valence-corrected chi connectivity index (χ4v) is 2.16. The number of nitrogens with zero attached hydrogens (tertiary/aromatic N) is 2. The van der Waals surface area contributed by atoms with Crippen LogP contribution in [-0.4, -0.2) is 40.5 Å². The van der Waals surface area contributed by atoms with Crippen molar-refractivity contribution in [3.05, 3.63) is 59.9 Å². The van der Waals surface area contributed by atoms with Crippen molar-refractivity contribution in [1.29, 1.82) is 0 Å². The molecule has 1 aromatic carbocycles. The Balaban J connectivity index is 1.93. The van der Waals surface area contributed by atoms with Crippen molar-refractivity contribution in [2.75, 3.05) is 13.6 Å². The highest BCUT2D eigenvalue weighted by Gasteiger charge is 2.12. The van der Waals surface area contributed by atoms with Gasteiger partial charge in [0.25, 0.3) is 5.91 Å². The van der Waals surface area contributed by atoms with Crippen molar-refractivity contribution in [2.45, 2.75) is 19.4 Å². The number of rotatable bonds is 8. The Kier molecular flexibility index (Phi) is 6.31. The second-order valence-corrected chi connectivity index (χ2v) is 5.40. The highest BCUT2D eigenvalue weighted by molar-refractivity contribution is 5.94. The molecule has 0 aliphatic carbocycles. The first-order valence-corrected chi connectivity index (χ1v) is 7.65. The Morgan fingerprint density at radius 1 is 1.25 bits per heavy atom. The predicted molar refractivity (Wildman–Crippen MR) is 88.8 cm³/mol. The average Bonchev–Trinajstić information content (AvgIpc) is 2.60. The van der Waals surface area contributed by atoms with Crippen LogP contribution in [0.25, 0.3) is 0 Å². The van der Waals surface area contributed by atoms with E-state index in [-0.39, 0.29) is 12.3 Å². The van der Waals surface area contributed by atoms with Crippen LogP contribution >= 0.6 is 0 Å². The van der Waals surface area contributed by atoms with Gasteiger partial charge in [-0.3, -0.25) is 14.6 Å². The lowest BCUT2D eigenvalue weighted by molar-refractivity contribution is -0.137. The molecule has 2 aromatic rings. The Hall–Kier alpha value is -2.89. The molecule has 0 aliphatic heterocycles. The van der Waals surface area contributed by atoms with E-state index in [2.05, 4.69) is 4.98 Å². The average molecular weight is 328 g/mol. The Morgan fingerprint density at radius 2 is 2.08 bits per heavy atom. The number of aromatic nitrogens is 1. The van der Waals surface area contributed by atoms with Crippen molar-refractivity contribution < 1.29 is 19.4 Å². The molecule has 1 aromatic heterocycles. The summed E-state index contributed by atoms with van der Waals surface area (Å²) >= 11 is 0. The number of pyridine rings is 1. The van der Waals surface area contributed by atoms with Gasteiger partial charge in [0.1, 0.15) is 12.4 Å². The van der Waals surface area contributed by atoms with Crippen molar-refractivity contribution in [3.63, 3.8) is 0 Å². The molecule has 1 N–H and O–H groups in total. The molecular formula is C18H20N2O4. The lowest BCUT2D eigenvalue weighted by Crippen LogP contribution is -2.28. The number of carbonyl (C=O) groups excluding carboxylic acids is 1. The summed E-state index contributed by atoms with van der Waals surface area (Å²) in [5.41, 5.74) is 1.46. The number of hydrogen-bond donors (Lipinski definition) is 1. The summed E-state index contributed by atoms with van der Waals surface area (Å²) in [6.45, 7) is 0.770. The number of carboxylic acid groups (broad SMARTS) is 1. The minimum atomic E-state index is -0.860. The van der Waals surface area contributed by atoms with Crippen LogP contribution in [0, 0.1) is 0 Å². The second kappa shape index (κ2) is 8.67. The van der Waals surface area contributed by atoms with Gasteiger partial charge in [-0.2, -0.15) is 0 Å². The molecule has 1 heterocycles. The molecule has 0 radical (unpaired) electrons. The van der Waals surface area contributed by atoms with Crippen LogP contribution in [0.4, 0.5) is 0 Å². The van der Waals surface area contributed by atoms with E-state index < -0.39 is 5.97 Å². The Bertz CT molecular complexity index is 688. The van der Waals surface area contributed by atoms with E-state index in [4.69, 9.17) is 9.84 Å². The summed E-state index contributed by atoms with van der Waals surface area (Å²) in [6.07, 6.45) is 3.90. The zero-order chi connectivity index (χ0) is 17.4. The lowest BCUT2D eigenvalue weighted by Gasteiger charge is -2.17. The Morgan fingerprint density at radius 3 is 2.79 bits per heavy atom. The molecule has 126 valence electrons. The first kappa shape index (κ1) is 17.5. The monoisotopic (exact) mass is 328 g/mol. The third kappa shape index (κ3) is 5.39. The smallest absolute Gasteiger partial charge is 0.303 e. The van der Waals surface area contributed by atoms with Crippen molar-refractivity contribution in [2.24, 2.45) is 0 Å². The van der Waals surface area contributed by atoms with Crippen LogP contribution in [0.5, 0.6) is 5.75 Å². The largest absolute Gasteiger partial charge is 0.489 e. The molecule has 0 saturated heterocycles. The number of carboxylic acids is 1. The number of amides is 1. The van der Waals surface area contributed by atoms with Crippen molar-refractivity contribution in [3.8, 4) is 5.75 Å². The van der Waals surface area contributed by atoms with Crippen LogP contribution < -0.4 is 4.74 Å². The maximum absolute atomic E-state index is 12.4. The third-order valence-corrected chi connectivity index (χ3v) is 3.44.